The van der Waals surface area contributed by atoms with Crippen molar-refractivity contribution in [3.63, 3.8) is 0 Å². The summed E-state index contributed by atoms with van der Waals surface area (Å²) in [7, 11) is 0. The number of carbonyl (C=O) groups is 1. The molecule has 0 aliphatic carbocycles. The van der Waals surface area contributed by atoms with E-state index < -0.39 is 0 Å². The molecule has 1 fully saturated rings. The lowest BCUT2D eigenvalue weighted by molar-refractivity contribution is -0.133. The number of hydrogen-bond acceptors (Lipinski definition) is 1. The predicted octanol–water partition coefficient (Wildman–Crippen LogP) is 0.373. The van der Waals surface area contributed by atoms with Gasteiger partial charge in [0.05, 0.1) is 0 Å². The van der Waals surface area contributed by atoms with E-state index in [1.807, 2.05) is 0 Å². The summed E-state index contributed by atoms with van der Waals surface area (Å²) in [6, 6.07) is 0. The minimum Gasteiger partial charge on any atom is -0.274 e. The molecule has 0 aromatic carbocycles. The zero-order chi connectivity index (χ0) is 4.57. The molecule has 0 spiro atoms. The summed E-state index contributed by atoms with van der Waals surface area (Å²) in [5.41, 5.74) is 0. The van der Waals surface area contributed by atoms with E-state index in [4.69, 9.17) is 11.8 Å². The highest BCUT2D eigenvalue weighted by Gasteiger charge is 2.20. The van der Waals surface area contributed by atoms with Crippen molar-refractivity contribution in [1.29, 1.82) is 0 Å². The van der Waals surface area contributed by atoms with Crippen LogP contribution in [-0.2, 0) is 4.79 Å². The van der Waals surface area contributed by atoms with Crippen LogP contribution in [0.2, 0.25) is 0 Å². The van der Waals surface area contributed by atoms with Gasteiger partial charge in [-0.3, -0.25) is 9.21 Å². The lowest BCUT2D eigenvalue weighted by Gasteiger charge is -2.21. The molecule has 3 heteroatoms. The van der Waals surface area contributed by atoms with Crippen LogP contribution >= 0.6 is 11.8 Å². The van der Waals surface area contributed by atoms with Crippen molar-refractivity contribution >= 4 is 17.7 Å². The molecule has 0 aromatic heterocycles. The highest BCUT2D eigenvalue weighted by Crippen LogP contribution is 2.09. The fourth-order valence-electron chi connectivity index (χ4n) is 0.288. The van der Waals surface area contributed by atoms with Gasteiger partial charge in [0.15, 0.2) is 0 Å². The highest BCUT2D eigenvalue weighted by molar-refractivity contribution is 6.23. The van der Waals surface area contributed by atoms with Gasteiger partial charge in [-0.05, 0) is 0 Å². The molecule has 0 atom stereocenters. The van der Waals surface area contributed by atoms with Crippen LogP contribution in [0.1, 0.15) is 6.42 Å². The van der Waals surface area contributed by atoms with Gasteiger partial charge in [-0.2, -0.15) is 0 Å². The third-order valence-electron chi connectivity index (χ3n) is 0.793. The lowest BCUT2D eigenvalue weighted by Crippen LogP contribution is -2.35. The first-order chi connectivity index (χ1) is 2.80. The molecule has 0 bridgehead atoms. The van der Waals surface area contributed by atoms with Crippen LogP contribution in [0, 0.1) is 0 Å². The quantitative estimate of drug-likeness (QED) is 0.322. The van der Waals surface area contributed by atoms with Crippen molar-refractivity contribution < 1.29 is 4.79 Å². The van der Waals surface area contributed by atoms with Crippen LogP contribution in [0.4, 0.5) is 0 Å². The van der Waals surface area contributed by atoms with Gasteiger partial charge in [0.2, 0.25) is 5.91 Å². The van der Waals surface area contributed by atoms with Crippen LogP contribution in [0.3, 0.4) is 0 Å². The van der Waals surface area contributed by atoms with Gasteiger partial charge in [0.25, 0.3) is 0 Å². The summed E-state index contributed by atoms with van der Waals surface area (Å²) in [6.45, 7) is 0.723. The van der Waals surface area contributed by atoms with Gasteiger partial charge in [-0.15, -0.1) is 0 Å². The maximum absolute atomic E-state index is 10.0. The number of amides is 1. The first-order valence-electron chi connectivity index (χ1n) is 1.77. The molecule has 1 saturated heterocycles. The van der Waals surface area contributed by atoms with Crippen molar-refractivity contribution in [2.45, 2.75) is 6.42 Å². The Morgan fingerprint density at radius 3 is 2.33 bits per heavy atom. The highest BCUT2D eigenvalue weighted by atomic mass is 35.5. The molecule has 0 N–H and O–H groups in total. The van der Waals surface area contributed by atoms with E-state index in [2.05, 4.69) is 0 Å². The molecule has 0 saturated carbocycles. The van der Waals surface area contributed by atoms with Crippen LogP contribution in [0.15, 0.2) is 0 Å². The van der Waals surface area contributed by atoms with Crippen LogP contribution in [0.5, 0.6) is 0 Å². The zero-order valence-corrected chi connectivity index (χ0v) is 3.90. The van der Waals surface area contributed by atoms with Gasteiger partial charge >= 0.3 is 0 Å². The van der Waals surface area contributed by atoms with Crippen molar-refractivity contribution in [3.05, 3.63) is 0 Å². The lowest BCUT2D eigenvalue weighted by atomic mass is 10.3. The largest absolute Gasteiger partial charge is 0.274 e. The molecule has 1 rings (SSSR count). The summed E-state index contributed by atoms with van der Waals surface area (Å²) in [4.78, 5) is 10.0. The van der Waals surface area contributed by atoms with E-state index in [1.54, 1.807) is 0 Å². The van der Waals surface area contributed by atoms with Gasteiger partial charge < -0.3 is 0 Å². The number of rotatable bonds is 0. The van der Waals surface area contributed by atoms with Crippen LogP contribution < -0.4 is 0 Å². The van der Waals surface area contributed by atoms with Gasteiger partial charge in [-0.1, -0.05) is 0 Å². The second-order valence-corrected chi connectivity index (χ2v) is 1.64. The smallest absolute Gasteiger partial charge is 0.238 e. The maximum atomic E-state index is 10.0. The van der Waals surface area contributed by atoms with E-state index in [-0.39, 0.29) is 5.91 Å². The second-order valence-electron chi connectivity index (χ2n) is 1.23. The number of halogens is 1. The molecule has 6 heavy (non-hydrogen) atoms. The number of hydrogen-bond donors (Lipinski definition) is 0. The Kier molecular flexibility index (Phi) is 0.733. The third kappa shape index (κ3) is 0.373. The summed E-state index contributed by atoms with van der Waals surface area (Å²) in [5.74, 6) is 0.0386. The Bertz CT molecular complexity index is 82.9. The standard InChI is InChI=1S/C3H4ClNO/c4-5-2-1-3(5)6/h1-2H2. The van der Waals surface area contributed by atoms with Gasteiger partial charge in [-0.25, -0.2) is 0 Å². The number of carbonyl (C=O) groups excluding carboxylic acids is 1. The number of β-lactam (4-membered cyclic amide) rings is 1. The Labute approximate surface area is 40.8 Å². The Balaban J connectivity index is 2.39. The van der Waals surface area contributed by atoms with Gasteiger partial charge in [0.1, 0.15) is 0 Å². The summed E-state index contributed by atoms with van der Waals surface area (Å²) >= 11 is 5.18. The SMILES string of the molecule is O=C1CCN1Cl. The molecular formula is C3H4ClNO. The fraction of sp³-hybridized carbons (Fsp3) is 0.667. The Hall–Kier alpha value is -0.240. The molecule has 0 radical (unpaired) electrons. The first-order valence-corrected chi connectivity index (χ1v) is 2.10. The molecular weight excluding hydrogens is 101 g/mol. The fourth-order valence-corrected chi connectivity index (χ4v) is 0.457. The summed E-state index contributed by atoms with van der Waals surface area (Å²) < 4.78 is 1.18. The molecule has 0 unspecified atom stereocenters. The minimum atomic E-state index is 0.0386. The van der Waals surface area contributed by atoms with E-state index >= 15 is 0 Å². The van der Waals surface area contributed by atoms with E-state index in [0.29, 0.717) is 6.42 Å². The molecule has 0 aromatic rings. The Morgan fingerprint density at radius 1 is 1.83 bits per heavy atom. The molecule has 1 heterocycles. The number of nitrogens with zero attached hydrogens (tertiary/aromatic N) is 1. The van der Waals surface area contributed by atoms with Crippen molar-refractivity contribution in [1.82, 2.24) is 4.42 Å². The molecule has 34 valence electrons. The summed E-state index contributed by atoms with van der Waals surface area (Å²) in [6.07, 6.45) is 0.628. The van der Waals surface area contributed by atoms with E-state index in [0.717, 1.165) is 6.54 Å². The van der Waals surface area contributed by atoms with E-state index in [9.17, 15) is 4.79 Å². The Morgan fingerprint density at radius 2 is 2.33 bits per heavy atom. The van der Waals surface area contributed by atoms with Crippen molar-refractivity contribution in [2.75, 3.05) is 6.54 Å². The predicted molar refractivity (Wildman–Crippen MR) is 22.2 cm³/mol. The van der Waals surface area contributed by atoms with Crippen molar-refractivity contribution in [2.24, 2.45) is 0 Å². The van der Waals surface area contributed by atoms with Crippen LogP contribution in [0.25, 0.3) is 0 Å². The first kappa shape index (κ1) is 3.93. The van der Waals surface area contributed by atoms with Crippen LogP contribution in [-0.4, -0.2) is 16.9 Å². The monoisotopic (exact) mass is 105 g/mol. The van der Waals surface area contributed by atoms with E-state index in [1.165, 1.54) is 4.42 Å². The van der Waals surface area contributed by atoms with Crippen molar-refractivity contribution in [3.8, 4) is 0 Å². The maximum Gasteiger partial charge on any atom is 0.238 e. The molecule has 1 aliphatic rings. The summed E-state index contributed by atoms with van der Waals surface area (Å²) in [5, 5.41) is 0. The molecule has 1 aliphatic heterocycles. The third-order valence-corrected chi connectivity index (χ3v) is 1.15. The topological polar surface area (TPSA) is 20.3 Å². The second kappa shape index (κ2) is 1.12. The normalized spacial score (nSPS) is 20.8. The molecule has 2 nitrogen and oxygen atoms in total. The average Bonchev–Trinajstić information content (AvgIpc) is 1.61. The molecule has 1 amide bonds. The average molecular weight is 106 g/mol. The zero-order valence-electron chi connectivity index (χ0n) is 3.15. The van der Waals surface area contributed by atoms with Gasteiger partial charge in [0, 0.05) is 24.7 Å². The minimum absolute atomic E-state index is 0.0386.